The normalized spacial score (nSPS) is 17.0. The van der Waals surface area contributed by atoms with Crippen LogP contribution in [0.5, 0.6) is 0 Å². The second-order valence-electron chi connectivity index (χ2n) is 8.51. The summed E-state index contributed by atoms with van der Waals surface area (Å²) in [7, 11) is 0. The molecule has 0 aliphatic heterocycles. The number of fused-ring (bicyclic) bond motifs is 5. The van der Waals surface area contributed by atoms with Crippen LogP contribution >= 0.6 is 11.3 Å². The highest BCUT2D eigenvalue weighted by atomic mass is 32.1. The Morgan fingerprint density at radius 3 is 2.87 bits per heavy atom. The largest absolute Gasteiger partial charge is 0.490 e. The number of thiophene rings is 1. The van der Waals surface area contributed by atoms with Gasteiger partial charge in [-0.3, -0.25) is 0 Å². The van der Waals surface area contributed by atoms with Crippen LogP contribution in [0.1, 0.15) is 49.9 Å². The number of nitrogens with zero attached hydrogens (tertiary/aromatic N) is 8. The molecule has 30 heavy (non-hydrogen) atoms. The molecule has 1 aliphatic rings. The van der Waals surface area contributed by atoms with Crippen LogP contribution in [0.25, 0.3) is 15.9 Å². The Bertz CT molecular complexity index is 1270. The molecule has 0 fully saturated rings. The van der Waals surface area contributed by atoms with Crippen molar-refractivity contribution >= 4 is 33.1 Å². The second kappa shape index (κ2) is 6.79. The van der Waals surface area contributed by atoms with Gasteiger partial charge >= 0.3 is 5.95 Å². The maximum absolute atomic E-state index is 10.8. The predicted octanol–water partition coefficient (Wildman–Crippen LogP) is 3.43. The van der Waals surface area contributed by atoms with E-state index in [2.05, 4.69) is 40.9 Å². The van der Waals surface area contributed by atoms with Gasteiger partial charge in [-0.15, -0.1) is 16.4 Å². The zero-order valence-corrected chi connectivity index (χ0v) is 17.9. The van der Waals surface area contributed by atoms with Gasteiger partial charge in [-0.25, -0.2) is 14.5 Å². The molecule has 1 aliphatic carbocycles. The van der Waals surface area contributed by atoms with E-state index in [-0.39, 0.29) is 6.54 Å². The average molecular weight is 427 g/mol. The van der Waals surface area contributed by atoms with Crippen molar-refractivity contribution in [3.63, 3.8) is 0 Å². The van der Waals surface area contributed by atoms with Gasteiger partial charge in [0.05, 0.1) is 5.39 Å². The monoisotopic (exact) mass is 426 g/mol. The average Bonchev–Trinajstić information content (AvgIpc) is 3.43. The van der Waals surface area contributed by atoms with Gasteiger partial charge in [0.15, 0.2) is 11.5 Å². The number of hydrogen-bond donors (Lipinski definition) is 0. The third kappa shape index (κ3) is 3.04. The summed E-state index contributed by atoms with van der Waals surface area (Å²) in [6, 6.07) is 0. The van der Waals surface area contributed by atoms with Gasteiger partial charge in [-0.1, -0.05) is 32.2 Å². The van der Waals surface area contributed by atoms with Crippen molar-refractivity contribution in [3.8, 4) is 0 Å². The Balaban J connectivity index is 1.52. The molecule has 4 aromatic heterocycles. The van der Waals surface area contributed by atoms with Crippen LogP contribution in [0.15, 0.2) is 12.7 Å². The molecule has 0 radical (unpaired) electrons. The van der Waals surface area contributed by atoms with E-state index in [9.17, 15) is 10.1 Å². The highest BCUT2D eigenvalue weighted by Crippen LogP contribution is 2.44. The molecule has 5 rings (SSSR count). The smallest absolute Gasteiger partial charge is 0.390 e. The van der Waals surface area contributed by atoms with E-state index in [0.29, 0.717) is 17.2 Å². The van der Waals surface area contributed by atoms with Crippen LogP contribution in [0.4, 0.5) is 5.95 Å². The van der Waals surface area contributed by atoms with Gasteiger partial charge in [0.25, 0.3) is 0 Å². The Kier molecular flexibility index (Phi) is 4.31. The van der Waals surface area contributed by atoms with E-state index in [1.807, 2.05) is 0 Å². The van der Waals surface area contributed by atoms with Gasteiger partial charge in [0.2, 0.25) is 6.33 Å². The van der Waals surface area contributed by atoms with Gasteiger partial charge in [0.1, 0.15) is 17.7 Å². The number of hydrogen-bond acceptors (Lipinski definition) is 8. The fourth-order valence-corrected chi connectivity index (χ4v) is 5.49. The first-order valence-electron chi connectivity index (χ1n) is 10.0. The molecule has 0 amide bonds. The standard InChI is InChI=1S/C19H22N8O2S/c1-4-19(2,3)11-5-6-12-13(7-11)30-17-15(12)16-22-14(23-26(16)10-20-17)8-25-9-21-18(24-25)27(28)29/h9-11H,4-8H2,1-3H3. The molecule has 11 heteroatoms. The molecule has 0 saturated carbocycles. The van der Waals surface area contributed by atoms with Crippen LogP contribution in [0, 0.1) is 21.4 Å². The summed E-state index contributed by atoms with van der Waals surface area (Å²) in [6.45, 7) is 7.22. The lowest BCUT2D eigenvalue weighted by Crippen LogP contribution is -2.28. The molecule has 0 bridgehead atoms. The fraction of sp³-hybridized carbons (Fsp3) is 0.526. The minimum absolute atomic E-state index is 0.211. The molecule has 0 N–H and O–H groups in total. The molecule has 0 saturated heterocycles. The maximum Gasteiger partial charge on any atom is 0.490 e. The molecule has 1 unspecified atom stereocenters. The van der Waals surface area contributed by atoms with Gasteiger partial charge in [0, 0.05) is 9.98 Å². The van der Waals surface area contributed by atoms with Crippen molar-refractivity contribution in [2.75, 3.05) is 0 Å². The van der Waals surface area contributed by atoms with E-state index >= 15 is 0 Å². The first-order chi connectivity index (χ1) is 14.4. The fourth-order valence-electron chi connectivity index (χ4n) is 4.23. The van der Waals surface area contributed by atoms with Gasteiger partial charge in [-0.05, 0) is 41.1 Å². The highest BCUT2D eigenvalue weighted by molar-refractivity contribution is 7.19. The van der Waals surface area contributed by atoms with Crippen LogP contribution in [-0.2, 0) is 19.4 Å². The Morgan fingerprint density at radius 2 is 2.13 bits per heavy atom. The van der Waals surface area contributed by atoms with Crippen molar-refractivity contribution in [1.29, 1.82) is 0 Å². The molecular formula is C19H22N8O2S. The van der Waals surface area contributed by atoms with Crippen LogP contribution in [-0.4, -0.2) is 39.3 Å². The molecule has 0 aromatic carbocycles. The van der Waals surface area contributed by atoms with E-state index in [1.54, 1.807) is 22.2 Å². The molecule has 10 nitrogen and oxygen atoms in total. The van der Waals surface area contributed by atoms with Crippen LogP contribution in [0.2, 0.25) is 0 Å². The molecule has 4 heterocycles. The lowest BCUT2D eigenvalue weighted by molar-refractivity contribution is -0.394. The summed E-state index contributed by atoms with van der Waals surface area (Å²) < 4.78 is 3.07. The van der Waals surface area contributed by atoms with Crippen LogP contribution < -0.4 is 0 Å². The third-order valence-corrected chi connectivity index (χ3v) is 7.60. The summed E-state index contributed by atoms with van der Waals surface area (Å²) in [5.41, 5.74) is 2.47. The molecule has 156 valence electrons. The van der Waals surface area contributed by atoms with E-state index in [0.717, 1.165) is 28.7 Å². The molecule has 0 spiro atoms. The van der Waals surface area contributed by atoms with Gasteiger partial charge < -0.3 is 10.1 Å². The summed E-state index contributed by atoms with van der Waals surface area (Å²) in [5.74, 6) is 0.764. The molecular weight excluding hydrogens is 404 g/mol. The number of rotatable bonds is 5. The SMILES string of the molecule is CCC(C)(C)C1CCc2c(sc3ncn4nc(Cn5cnc([N+](=O)[O-])n5)nc4c23)C1. The van der Waals surface area contributed by atoms with Crippen molar-refractivity contribution in [2.45, 2.75) is 53.0 Å². The van der Waals surface area contributed by atoms with Crippen molar-refractivity contribution < 1.29 is 4.92 Å². The van der Waals surface area contributed by atoms with Crippen molar-refractivity contribution in [2.24, 2.45) is 11.3 Å². The Labute approximate surface area is 176 Å². The third-order valence-electron chi connectivity index (χ3n) is 6.44. The van der Waals surface area contributed by atoms with E-state index in [1.165, 1.54) is 34.3 Å². The lowest BCUT2D eigenvalue weighted by Gasteiger charge is -2.36. The highest BCUT2D eigenvalue weighted by Gasteiger charge is 2.33. The second-order valence-corrected chi connectivity index (χ2v) is 9.59. The van der Waals surface area contributed by atoms with Crippen LogP contribution in [0.3, 0.4) is 0 Å². The van der Waals surface area contributed by atoms with E-state index < -0.39 is 10.9 Å². The Hall–Kier alpha value is -2.95. The molecule has 1 atom stereocenters. The zero-order chi connectivity index (χ0) is 21.0. The summed E-state index contributed by atoms with van der Waals surface area (Å²) in [6.07, 6.45) is 7.47. The first-order valence-corrected chi connectivity index (χ1v) is 10.9. The summed E-state index contributed by atoms with van der Waals surface area (Å²) >= 11 is 1.77. The quantitative estimate of drug-likeness (QED) is 0.354. The predicted molar refractivity (Wildman–Crippen MR) is 112 cm³/mol. The molecule has 4 aromatic rings. The summed E-state index contributed by atoms with van der Waals surface area (Å²) in [5, 5.41) is 20.2. The first kappa shape index (κ1) is 19.0. The zero-order valence-electron chi connectivity index (χ0n) is 17.1. The number of aromatic nitrogens is 7. The Morgan fingerprint density at radius 1 is 1.30 bits per heavy atom. The number of nitro groups is 1. The van der Waals surface area contributed by atoms with Crippen molar-refractivity contribution in [3.05, 3.63) is 39.0 Å². The van der Waals surface area contributed by atoms with Gasteiger partial charge in [-0.2, -0.15) is 4.68 Å². The minimum Gasteiger partial charge on any atom is -0.390 e. The van der Waals surface area contributed by atoms with Crippen molar-refractivity contribution in [1.82, 2.24) is 34.3 Å². The lowest BCUT2D eigenvalue weighted by atomic mass is 9.70. The maximum atomic E-state index is 10.8. The van der Waals surface area contributed by atoms with E-state index in [4.69, 9.17) is 4.98 Å². The summed E-state index contributed by atoms with van der Waals surface area (Å²) in [4.78, 5) is 25.6. The number of aryl methyl sites for hydroxylation is 1. The minimum atomic E-state index is -0.619. The topological polar surface area (TPSA) is 117 Å².